The largest absolute Gasteiger partial charge is 0.351 e. The second-order valence-electron chi connectivity index (χ2n) is 6.18. The third-order valence-electron chi connectivity index (χ3n) is 3.98. The van der Waals surface area contributed by atoms with Crippen LogP contribution in [0.4, 0.5) is 0 Å². The van der Waals surface area contributed by atoms with E-state index in [-0.39, 0.29) is 17.4 Å². The van der Waals surface area contributed by atoms with Crippen LogP contribution in [0.2, 0.25) is 0 Å². The Morgan fingerprint density at radius 2 is 2.05 bits per heavy atom. The van der Waals surface area contributed by atoms with Crippen molar-refractivity contribution in [2.75, 3.05) is 6.54 Å². The van der Waals surface area contributed by atoms with E-state index < -0.39 is 0 Å². The summed E-state index contributed by atoms with van der Waals surface area (Å²) in [5, 5.41) is 6.38. The predicted octanol–water partition coefficient (Wildman–Crippen LogP) is 2.39. The monoisotopic (exact) mass is 260 g/mol. The Balaban J connectivity index is 1.92. The van der Waals surface area contributed by atoms with Crippen LogP contribution in [-0.4, -0.2) is 18.5 Å². The third-order valence-corrected chi connectivity index (χ3v) is 3.98. The standard InChI is InChI=1S/C16H24N2O/c1-12-5-7-13(8-6-12)11-18-15(19)14-16(2,3)9-4-10-17-14/h5-8,14,17H,4,9-11H2,1-3H3,(H,18,19). The first-order chi connectivity index (χ1) is 8.99. The van der Waals surface area contributed by atoms with Crippen molar-refractivity contribution in [2.45, 2.75) is 46.2 Å². The van der Waals surface area contributed by atoms with Crippen molar-refractivity contribution >= 4 is 5.91 Å². The van der Waals surface area contributed by atoms with Gasteiger partial charge in [0.25, 0.3) is 0 Å². The number of hydrogen-bond donors (Lipinski definition) is 2. The maximum atomic E-state index is 12.3. The van der Waals surface area contributed by atoms with E-state index in [0.29, 0.717) is 6.54 Å². The first-order valence-electron chi connectivity index (χ1n) is 7.06. The van der Waals surface area contributed by atoms with Crippen LogP contribution in [0.3, 0.4) is 0 Å². The first kappa shape index (κ1) is 14.1. The number of rotatable bonds is 3. The molecule has 19 heavy (non-hydrogen) atoms. The van der Waals surface area contributed by atoms with Crippen molar-refractivity contribution in [2.24, 2.45) is 5.41 Å². The zero-order valence-electron chi connectivity index (χ0n) is 12.1. The van der Waals surface area contributed by atoms with Gasteiger partial charge >= 0.3 is 0 Å². The Labute approximate surface area is 115 Å². The van der Waals surface area contributed by atoms with Gasteiger partial charge in [0.05, 0.1) is 6.04 Å². The molecular formula is C16H24N2O. The molecule has 3 nitrogen and oxygen atoms in total. The van der Waals surface area contributed by atoms with Gasteiger partial charge in [-0.05, 0) is 37.3 Å². The lowest BCUT2D eigenvalue weighted by Gasteiger charge is -2.38. The smallest absolute Gasteiger partial charge is 0.237 e. The molecule has 1 aliphatic heterocycles. The van der Waals surface area contributed by atoms with Crippen molar-refractivity contribution in [1.82, 2.24) is 10.6 Å². The zero-order chi connectivity index (χ0) is 13.9. The van der Waals surface area contributed by atoms with Crippen LogP contribution in [-0.2, 0) is 11.3 Å². The molecule has 0 spiro atoms. The zero-order valence-corrected chi connectivity index (χ0v) is 12.1. The summed E-state index contributed by atoms with van der Waals surface area (Å²) in [7, 11) is 0. The first-order valence-corrected chi connectivity index (χ1v) is 7.06. The van der Waals surface area contributed by atoms with Gasteiger partial charge in [0, 0.05) is 6.54 Å². The van der Waals surface area contributed by atoms with Crippen molar-refractivity contribution in [3.63, 3.8) is 0 Å². The van der Waals surface area contributed by atoms with Crippen molar-refractivity contribution in [3.05, 3.63) is 35.4 Å². The van der Waals surface area contributed by atoms with E-state index in [1.165, 1.54) is 5.56 Å². The Morgan fingerprint density at radius 3 is 2.68 bits per heavy atom. The summed E-state index contributed by atoms with van der Waals surface area (Å²) in [5.41, 5.74) is 2.42. The van der Waals surface area contributed by atoms with E-state index in [2.05, 4.69) is 55.7 Å². The van der Waals surface area contributed by atoms with Crippen LogP contribution in [0, 0.1) is 12.3 Å². The highest BCUT2D eigenvalue weighted by atomic mass is 16.2. The van der Waals surface area contributed by atoms with Crippen LogP contribution in [0.25, 0.3) is 0 Å². The van der Waals surface area contributed by atoms with Gasteiger partial charge in [0.15, 0.2) is 0 Å². The number of hydrogen-bond acceptors (Lipinski definition) is 2. The minimum Gasteiger partial charge on any atom is -0.351 e. The minimum atomic E-state index is -0.0771. The maximum absolute atomic E-state index is 12.3. The van der Waals surface area contributed by atoms with Gasteiger partial charge in [-0.1, -0.05) is 43.7 Å². The molecule has 1 aromatic rings. The fourth-order valence-electron chi connectivity index (χ4n) is 2.66. The van der Waals surface area contributed by atoms with E-state index in [1.807, 2.05) is 0 Å². The summed E-state index contributed by atoms with van der Waals surface area (Å²) in [6.07, 6.45) is 2.25. The van der Waals surface area contributed by atoms with Crippen molar-refractivity contribution in [3.8, 4) is 0 Å². The number of nitrogens with one attached hydrogen (secondary N) is 2. The van der Waals surface area contributed by atoms with Crippen LogP contribution in [0.5, 0.6) is 0 Å². The van der Waals surface area contributed by atoms with E-state index in [9.17, 15) is 4.79 Å². The number of benzene rings is 1. The lowest BCUT2D eigenvalue weighted by molar-refractivity contribution is -0.126. The Hall–Kier alpha value is -1.35. The summed E-state index contributed by atoms with van der Waals surface area (Å²) in [6, 6.07) is 8.20. The summed E-state index contributed by atoms with van der Waals surface area (Å²) in [6.45, 7) is 7.93. The topological polar surface area (TPSA) is 41.1 Å². The highest BCUT2D eigenvalue weighted by Gasteiger charge is 2.36. The molecule has 2 N–H and O–H groups in total. The number of carbonyl (C=O) groups excluding carboxylic acids is 1. The van der Waals surface area contributed by atoms with Crippen LogP contribution in [0.15, 0.2) is 24.3 Å². The van der Waals surface area contributed by atoms with Gasteiger partial charge in [-0.3, -0.25) is 4.79 Å². The fraction of sp³-hybridized carbons (Fsp3) is 0.562. The van der Waals surface area contributed by atoms with Gasteiger partial charge in [0.2, 0.25) is 5.91 Å². The molecule has 3 heteroatoms. The van der Waals surface area contributed by atoms with Gasteiger partial charge in [-0.25, -0.2) is 0 Å². The third kappa shape index (κ3) is 3.57. The van der Waals surface area contributed by atoms with Crippen LogP contribution < -0.4 is 10.6 Å². The Kier molecular flexibility index (Phi) is 4.25. The molecule has 1 aromatic carbocycles. The molecule has 1 fully saturated rings. The summed E-state index contributed by atoms with van der Waals surface area (Å²) in [4.78, 5) is 12.3. The number of piperidine rings is 1. The van der Waals surface area contributed by atoms with Crippen molar-refractivity contribution < 1.29 is 4.79 Å². The minimum absolute atomic E-state index is 0.0373. The summed E-state index contributed by atoms with van der Waals surface area (Å²) >= 11 is 0. The maximum Gasteiger partial charge on any atom is 0.237 e. The molecule has 0 bridgehead atoms. The lowest BCUT2D eigenvalue weighted by atomic mass is 9.77. The molecular weight excluding hydrogens is 236 g/mol. The SMILES string of the molecule is Cc1ccc(CNC(=O)C2NCCCC2(C)C)cc1. The van der Waals surface area contributed by atoms with E-state index in [0.717, 1.165) is 24.9 Å². The molecule has 1 atom stereocenters. The number of aryl methyl sites for hydroxylation is 1. The number of amides is 1. The lowest BCUT2D eigenvalue weighted by Crippen LogP contribution is -2.55. The molecule has 0 aromatic heterocycles. The summed E-state index contributed by atoms with van der Waals surface area (Å²) in [5.74, 6) is 0.116. The average molecular weight is 260 g/mol. The predicted molar refractivity (Wildman–Crippen MR) is 77.8 cm³/mol. The highest BCUT2D eigenvalue weighted by Crippen LogP contribution is 2.30. The van der Waals surface area contributed by atoms with Gasteiger partial charge in [0.1, 0.15) is 0 Å². The van der Waals surface area contributed by atoms with Crippen molar-refractivity contribution in [1.29, 1.82) is 0 Å². The highest BCUT2D eigenvalue weighted by molar-refractivity contribution is 5.82. The number of carbonyl (C=O) groups is 1. The van der Waals surface area contributed by atoms with Gasteiger partial charge in [-0.15, -0.1) is 0 Å². The summed E-state index contributed by atoms with van der Waals surface area (Å²) < 4.78 is 0. The van der Waals surface area contributed by atoms with Crippen LogP contribution >= 0.6 is 0 Å². The molecule has 1 aliphatic rings. The average Bonchev–Trinajstić information content (AvgIpc) is 2.37. The molecule has 1 amide bonds. The Bertz CT molecular complexity index is 437. The quantitative estimate of drug-likeness (QED) is 0.876. The Morgan fingerprint density at radius 1 is 1.37 bits per heavy atom. The fourth-order valence-corrected chi connectivity index (χ4v) is 2.66. The molecule has 104 valence electrons. The normalized spacial score (nSPS) is 21.9. The van der Waals surface area contributed by atoms with E-state index in [4.69, 9.17) is 0 Å². The molecule has 0 aliphatic carbocycles. The molecule has 1 heterocycles. The van der Waals surface area contributed by atoms with E-state index >= 15 is 0 Å². The molecule has 1 unspecified atom stereocenters. The van der Waals surface area contributed by atoms with Gasteiger partial charge < -0.3 is 10.6 Å². The molecule has 0 saturated carbocycles. The van der Waals surface area contributed by atoms with Gasteiger partial charge in [-0.2, -0.15) is 0 Å². The second-order valence-corrected chi connectivity index (χ2v) is 6.18. The molecule has 1 saturated heterocycles. The second kappa shape index (κ2) is 5.74. The van der Waals surface area contributed by atoms with E-state index in [1.54, 1.807) is 0 Å². The molecule has 2 rings (SSSR count). The van der Waals surface area contributed by atoms with Crippen LogP contribution in [0.1, 0.15) is 37.8 Å². The molecule has 0 radical (unpaired) electrons.